The summed E-state index contributed by atoms with van der Waals surface area (Å²) in [6.45, 7) is 1.49. The van der Waals surface area contributed by atoms with Crippen molar-refractivity contribution in [1.82, 2.24) is 4.98 Å². The standard InChI is InChI=1S/C7H5F3N/c1-5-4-6(2-3-11-5)7(8,9)10/h2,4H,1H3. The molecule has 1 rings (SSSR count). The van der Waals surface area contributed by atoms with Gasteiger partial charge in [0.25, 0.3) is 0 Å². The average molecular weight is 160 g/mol. The van der Waals surface area contributed by atoms with E-state index in [0.29, 0.717) is 5.69 Å². The summed E-state index contributed by atoms with van der Waals surface area (Å²) < 4.78 is 35.8. The van der Waals surface area contributed by atoms with Crippen molar-refractivity contribution < 1.29 is 13.2 Å². The molecule has 0 aromatic carbocycles. The van der Waals surface area contributed by atoms with Gasteiger partial charge in [0.1, 0.15) is 0 Å². The lowest BCUT2D eigenvalue weighted by Gasteiger charge is -2.05. The SMILES string of the molecule is Cc1cc(C(F)(F)F)c[c]n1. The first-order valence-corrected chi connectivity index (χ1v) is 2.92. The van der Waals surface area contributed by atoms with E-state index in [1.54, 1.807) is 0 Å². The van der Waals surface area contributed by atoms with Gasteiger partial charge in [-0.1, -0.05) is 0 Å². The molecule has 0 aliphatic carbocycles. The molecular weight excluding hydrogens is 155 g/mol. The highest BCUT2D eigenvalue weighted by molar-refractivity contribution is 5.17. The highest BCUT2D eigenvalue weighted by Crippen LogP contribution is 2.28. The molecule has 0 spiro atoms. The van der Waals surface area contributed by atoms with Gasteiger partial charge in [-0.25, -0.2) is 0 Å². The molecule has 0 aliphatic heterocycles. The summed E-state index contributed by atoms with van der Waals surface area (Å²) in [6, 6.07) is 1.81. The first kappa shape index (κ1) is 8.04. The van der Waals surface area contributed by atoms with Crippen LogP contribution in [0.15, 0.2) is 12.1 Å². The third kappa shape index (κ3) is 1.93. The van der Waals surface area contributed by atoms with E-state index in [0.717, 1.165) is 12.1 Å². The van der Waals surface area contributed by atoms with Crippen molar-refractivity contribution in [2.24, 2.45) is 0 Å². The maximum Gasteiger partial charge on any atom is 0.416 e. The van der Waals surface area contributed by atoms with E-state index < -0.39 is 11.7 Å². The van der Waals surface area contributed by atoms with Crippen LogP contribution in [-0.4, -0.2) is 4.98 Å². The van der Waals surface area contributed by atoms with Gasteiger partial charge in [-0.3, -0.25) is 4.98 Å². The van der Waals surface area contributed by atoms with Gasteiger partial charge in [-0.2, -0.15) is 13.2 Å². The van der Waals surface area contributed by atoms with E-state index in [4.69, 9.17) is 0 Å². The zero-order valence-corrected chi connectivity index (χ0v) is 5.74. The summed E-state index contributed by atoms with van der Waals surface area (Å²) in [7, 11) is 0. The maximum absolute atomic E-state index is 11.9. The number of nitrogens with zero attached hydrogens (tertiary/aromatic N) is 1. The smallest absolute Gasteiger partial charge is 0.251 e. The molecule has 4 heteroatoms. The Bertz CT molecular complexity index is 254. The van der Waals surface area contributed by atoms with E-state index in [1.165, 1.54) is 6.92 Å². The summed E-state index contributed by atoms with van der Waals surface area (Å²) >= 11 is 0. The molecule has 1 heterocycles. The van der Waals surface area contributed by atoms with Crippen LogP contribution >= 0.6 is 0 Å². The quantitative estimate of drug-likeness (QED) is 0.567. The Morgan fingerprint density at radius 1 is 1.45 bits per heavy atom. The molecule has 0 aliphatic rings. The lowest BCUT2D eigenvalue weighted by molar-refractivity contribution is -0.137. The second-order valence-electron chi connectivity index (χ2n) is 2.12. The van der Waals surface area contributed by atoms with Crippen molar-refractivity contribution in [1.29, 1.82) is 0 Å². The van der Waals surface area contributed by atoms with Crippen LogP contribution in [0.4, 0.5) is 13.2 Å². The normalized spacial score (nSPS) is 11.6. The molecule has 0 atom stereocenters. The summed E-state index contributed by atoms with van der Waals surface area (Å²) in [5.74, 6) is 0. The molecule has 1 nitrogen and oxygen atoms in total. The van der Waals surface area contributed by atoms with Gasteiger partial charge < -0.3 is 0 Å². The minimum Gasteiger partial charge on any atom is -0.251 e. The summed E-state index contributed by atoms with van der Waals surface area (Å²) in [4.78, 5) is 3.53. The average Bonchev–Trinajstić information content (AvgIpc) is 1.86. The lowest BCUT2D eigenvalue weighted by atomic mass is 10.2. The van der Waals surface area contributed by atoms with Crippen molar-refractivity contribution in [2.75, 3.05) is 0 Å². The van der Waals surface area contributed by atoms with Crippen LogP contribution in [0.3, 0.4) is 0 Å². The van der Waals surface area contributed by atoms with E-state index >= 15 is 0 Å². The molecule has 11 heavy (non-hydrogen) atoms. The van der Waals surface area contributed by atoms with Crippen LogP contribution in [0.25, 0.3) is 0 Å². The Labute approximate surface area is 61.9 Å². The summed E-state index contributed by atoms with van der Waals surface area (Å²) in [5, 5.41) is 0. The second kappa shape index (κ2) is 2.53. The molecule has 1 aromatic heterocycles. The molecule has 0 amide bonds. The number of pyridine rings is 1. The van der Waals surface area contributed by atoms with Crippen molar-refractivity contribution in [2.45, 2.75) is 13.1 Å². The molecule has 0 saturated carbocycles. The summed E-state index contributed by atoms with van der Waals surface area (Å²) in [6.07, 6.45) is -2.12. The predicted octanol–water partition coefficient (Wildman–Crippen LogP) is 2.21. The number of aryl methyl sites for hydroxylation is 1. The Hall–Kier alpha value is -1.06. The van der Waals surface area contributed by atoms with E-state index in [2.05, 4.69) is 11.2 Å². The largest absolute Gasteiger partial charge is 0.416 e. The topological polar surface area (TPSA) is 12.9 Å². The Balaban J connectivity index is 3.06. The van der Waals surface area contributed by atoms with Gasteiger partial charge in [-0.15, -0.1) is 0 Å². The maximum atomic E-state index is 11.9. The van der Waals surface area contributed by atoms with Gasteiger partial charge in [0.15, 0.2) is 0 Å². The Morgan fingerprint density at radius 2 is 2.09 bits per heavy atom. The van der Waals surface area contributed by atoms with Gasteiger partial charge >= 0.3 is 6.18 Å². The van der Waals surface area contributed by atoms with E-state index in [-0.39, 0.29) is 0 Å². The van der Waals surface area contributed by atoms with Crippen LogP contribution in [0.1, 0.15) is 11.3 Å². The first-order valence-electron chi connectivity index (χ1n) is 2.92. The number of aromatic nitrogens is 1. The van der Waals surface area contributed by atoms with Crippen LogP contribution in [-0.2, 0) is 6.18 Å². The number of hydrogen-bond acceptors (Lipinski definition) is 1. The molecule has 0 bridgehead atoms. The van der Waals surface area contributed by atoms with Gasteiger partial charge in [0.2, 0.25) is 0 Å². The second-order valence-corrected chi connectivity index (χ2v) is 2.12. The number of halogens is 3. The van der Waals surface area contributed by atoms with Gasteiger partial charge in [0.05, 0.1) is 11.8 Å². The van der Waals surface area contributed by atoms with Crippen LogP contribution in [0, 0.1) is 13.1 Å². The number of alkyl halides is 3. The zero-order valence-electron chi connectivity index (χ0n) is 5.74. The van der Waals surface area contributed by atoms with Gasteiger partial charge in [0, 0.05) is 5.69 Å². The van der Waals surface area contributed by atoms with Crippen molar-refractivity contribution >= 4 is 0 Å². The van der Waals surface area contributed by atoms with E-state index in [9.17, 15) is 13.2 Å². The minimum atomic E-state index is -4.29. The first-order chi connectivity index (χ1) is 5.00. The molecule has 1 radical (unpaired) electrons. The van der Waals surface area contributed by atoms with Crippen molar-refractivity contribution in [3.63, 3.8) is 0 Å². The Morgan fingerprint density at radius 3 is 2.45 bits per heavy atom. The molecule has 1 aromatic rings. The fourth-order valence-corrected chi connectivity index (χ4v) is 0.666. The van der Waals surface area contributed by atoms with Crippen molar-refractivity contribution in [3.05, 3.63) is 29.6 Å². The fourth-order valence-electron chi connectivity index (χ4n) is 0.666. The molecule has 59 valence electrons. The monoisotopic (exact) mass is 160 g/mol. The van der Waals surface area contributed by atoms with E-state index in [1.807, 2.05) is 0 Å². The number of rotatable bonds is 0. The molecule has 0 fully saturated rings. The van der Waals surface area contributed by atoms with Crippen LogP contribution < -0.4 is 0 Å². The molecular formula is C7H5F3N. The highest BCUT2D eigenvalue weighted by Gasteiger charge is 2.30. The minimum absolute atomic E-state index is 0.319. The Kier molecular flexibility index (Phi) is 1.85. The highest BCUT2D eigenvalue weighted by atomic mass is 19.4. The fraction of sp³-hybridized carbons (Fsp3) is 0.286. The van der Waals surface area contributed by atoms with Gasteiger partial charge in [-0.05, 0) is 19.1 Å². The lowest BCUT2D eigenvalue weighted by Crippen LogP contribution is -2.05. The third-order valence-corrected chi connectivity index (χ3v) is 1.15. The van der Waals surface area contributed by atoms with Crippen molar-refractivity contribution in [3.8, 4) is 0 Å². The third-order valence-electron chi connectivity index (χ3n) is 1.15. The summed E-state index contributed by atoms with van der Waals surface area (Å²) in [5.41, 5.74) is -0.384. The molecule has 0 N–H and O–H groups in total. The molecule has 0 unspecified atom stereocenters. The predicted molar refractivity (Wildman–Crippen MR) is 32.8 cm³/mol. The number of hydrogen-bond donors (Lipinski definition) is 0. The van der Waals surface area contributed by atoms with Crippen LogP contribution in [0.5, 0.6) is 0 Å². The zero-order chi connectivity index (χ0) is 8.48. The van der Waals surface area contributed by atoms with Crippen LogP contribution in [0.2, 0.25) is 0 Å². The molecule has 0 saturated heterocycles.